The van der Waals surface area contributed by atoms with E-state index in [2.05, 4.69) is 0 Å². The normalized spacial score (nSPS) is 15.1. The van der Waals surface area contributed by atoms with Gasteiger partial charge in [-0.3, -0.25) is 0 Å². The number of carbonyl (C=O) groups excluding carboxylic acids is 1. The molecule has 1 fully saturated rings. The van der Waals surface area contributed by atoms with Crippen LogP contribution in [-0.2, 0) is 21.4 Å². The fraction of sp³-hybridized carbons (Fsp3) is 0.316. The molecular formula is C19H21NO4S2. The Morgan fingerprint density at radius 1 is 1.04 bits per heavy atom. The van der Waals surface area contributed by atoms with Gasteiger partial charge in [0.05, 0.1) is 10.5 Å². The molecule has 0 amide bonds. The summed E-state index contributed by atoms with van der Waals surface area (Å²) in [5.41, 5.74) is 1.25. The zero-order valence-electron chi connectivity index (χ0n) is 14.6. The van der Waals surface area contributed by atoms with Crippen molar-refractivity contribution in [2.75, 3.05) is 19.3 Å². The van der Waals surface area contributed by atoms with Crippen molar-refractivity contribution in [1.82, 2.24) is 4.31 Å². The van der Waals surface area contributed by atoms with Gasteiger partial charge in [-0.1, -0.05) is 12.1 Å². The highest BCUT2D eigenvalue weighted by Crippen LogP contribution is 2.21. The van der Waals surface area contributed by atoms with E-state index in [1.165, 1.54) is 28.6 Å². The third kappa shape index (κ3) is 4.28. The van der Waals surface area contributed by atoms with Crippen molar-refractivity contribution in [3.8, 4) is 0 Å². The highest BCUT2D eigenvalue weighted by atomic mass is 32.2. The summed E-state index contributed by atoms with van der Waals surface area (Å²) in [6.45, 7) is 1.30. The number of rotatable bonds is 6. The van der Waals surface area contributed by atoms with E-state index in [0.29, 0.717) is 18.7 Å². The van der Waals surface area contributed by atoms with E-state index in [9.17, 15) is 13.2 Å². The van der Waals surface area contributed by atoms with Gasteiger partial charge in [0, 0.05) is 18.0 Å². The van der Waals surface area contributed by atoms with Crippen LogP contribution in [0.2, 0.25) is 0 Å². The molecule has 0 atom stereocenters. The van der Waals surface area contributed by atoms with Crippen LogP contribution in [-0.4, -0.2) is 38.0 Å². The van der Waals surface area contributed by atoms with Gasteiger partial charge in [-0.2, -0.15) is 4.31 Å². The summed E-state index contributed by atoms with van der Waals surface area (Å²) in [6.07, 6.45) is 3.78. The first-order valence-corrected chi connectivity index (χ1v) is 11.1. The number of nitrogens with zero attached hydrogens (tertiary/aromatic N) is 1. The number of ether oxygens (including phenoxy) is 1. The van der Waals surface area contributed by atoms with Crippen molar-refractivity contribution >= 4 is 27.8 Å². The zero-order valence-corrected chi connectivity index (χ0v) is 16.2. The fourth-order valence-corrected chi connectivity index (χ4v) is 4.72. The molecule has 0 bridgehead atoms. The highest BCUT2D eigenvalue weighted by Gasteiger charge is 2.27. The summed E-state index contributed by atoms with van der Waals surface area (Å²) in [7, 11) is -3.46. The van der Waals surface area contributed by atoms with Gasteiger partial charge in [0.15, 0.2) is 0 Å². The lowest BCUT2D eigenvalue weighted by Gasteiger charge is -2.15. The largest absolute Gasteiger partial charge is 0.457 e. The van der Waals surface area contributed by atoms with Crippen LogP contribution in [0.15, 0.2) is 58.3 Å². The first-order valence-electron chi connectivity index (χ1n) is 8.41. The van der Waals surface area contributed by atoms with Crippen LogP contribution >= 0.6 is 11.8 Å². The third-order valence-electron chi connectivity index (χ3n) is 4.32. The van der Waals surface area contributed by atoms with Gasteiger partial charge in [-0.05, 0) is 61.1 Å². The molecule has 0 N–H and O–H groups in total. The molecule has 7 heteroatoms. The molecule has 0 aliphatic carbocycles. The lowest BCUT2D eigenvalue weighted by Crippen LogP contribution is -2.27. The predicted molar refractivity (Wildman–Crippen MR) is 102 cm³/mol. The van der Waals surface area contributed by atoms with Crippen molar-refractivity contribution in [2.45, 2.75) is 29.2 Å². The summed E-state index contributed by atoms with van der Waals surface area (Å²) in [5.74, 6) is -0.468. The van der Waals surface area contributed by atoms with Crippen molar-refractivity contribution < 1.29 is 17.9 Å². The molecule has 1 aliphatic heterocycles. The molecule has 138 valence electrons. The summed E-state index contributed by atoms with van der Waals surface area (Å²) in [4.78, 5) is 13.5. The van der Waals surface area contributed by atoms with Gasteiger partial charge in [0.25, 0.3) is 0 Å². The Balaban J connectivity index is 1.63. The SMILES string of the molecule is CSc1ccc(COC(=O)c2ccc(S(=O)(=O)N3CCCC3)cc2)cc1. The first kappa shape index (κ1) is 18.9. The van der Waals surface area contributed by atoms with Crippen LogP contribution in [0.5, 0.6) is 0 Å². The van der Waals surface area contributed by atoms with Crippen LogP contribution in [0.1, 0.15) is 28.8 Å². The van der Waals surface area contributed by atoms with Crippen LogP contribution in [0.4, 0.5) is 0 Å². The van der Waals surface area contributed by atoms with Gasteiger partial charge in [0.1, 0.15) is 6.61 Å². The van der Waals surface area contributed by atoms with Gasteiger partial charge in [0.2, 0.25) is 10.0 Å². The van der Waals surface area contributed by atoms with Crippen LogP contribution in [0.3, 0.4) is 0 Å². The van der Waals surface area contributed by atoms with E-state index in [0.717, 1.165) is 23.3 Å². The highest BCUT2D eigenvalue weighted by molar-refractivity contribution is 7.98. The van der Waals surface area contributed by atoms with E-state index >= 15 is 0 Å². The average molecular weight is 392 g/mol. The van der Waals surface area contributed by atoms with Crippen LogP contribution in [0, 0.1) is 0 Å². The van der Waals surface area contributed by atoms with E-state index in [1.54, 1.807) is 11.8 Å². The lowest BCUT2D eigenvalue weighted by atomic mass is 10.2. The maximum absolute atomic E-state index is 12.5. The Hall–Kier alpha value is -1.83. The Labute approximate surface area is 158 Å². The second kappa shape index (κ2) is 8.24. The molecule has 26 heavy (non-hydrogen) atoms. The number of carbonyl (C=O) groups is 1. The maximum Gasteiger partial charge on any atom is 0.338 e. The Morgan fingerprint density at radius 3 is 2.23 bits per heavy atom. The minimum Gasteiger partial charge on any atom is -0.457 e. The average Bonchev–Trinajstić information content (AvgIpc) is 3.22. The van der Waals surface area contributed by atoms with Crippen LogP contribution < -0.4 is 0 Å². The maximum atomic E-state index is 12.5. The van der Waals surface area contributed by atoms with Crippen molar-refractivity contribution in [3.05, 3.63) is 59.7 Å². The van der Waals surface area contributed by atoms with Crippen molar-refractivity contribution in [3.63, 3.8) is 0 Å². The molecule has 0 radical (unpaired) electrons. The molecule has 0 spiro atoms. The minimum absolute atomic E-state index is 0.182. The molecule has 2 aromatic carbocycles. The fourth-order valence-electron chi connectivity index (χ4n) is 2.79. The van der Waals surface area contributed by atoms with E-state index < -0.39 is 16.0 Å². The Bertz CT molecular complexity index is 855. The van der Waals surface area contributed by atoms with Gasteiger partial charge >= 0.3 is 5.97 Å². The quantitative estimate of drug-likeness (QED) is 0.557. The second-order valence-electron chi connectivity index (χ2n) is 6.06. The molecule has 2 aromatic rings. The first-order chi connectivity index (χ1) is 12.5. The van der Waals surface area contributed by atoms with Gasteiger partial charge in [-0.15, -0.1) is 11.8 Å². The van der Waals surface area contributed by atoms with Gasteiger partial charge in [-0.25, -0.2) is 13.2 Å². The number of thioether (sulfide) groups is 1. The molecule has 0 aromatic heterocycles. The topological polar surface area (TPSA) is 63.7 Å². The zero-order chi connectivity index (χ0) is 18.6. The Morgan fingerprint density at radius 2 is 1.65 bits per heavy atom. The molecule has 1 heterocycles. The summed E-state index contributed by atoms with van der Waals surface area (Å²) in [5, 5.41) is 0. The van der Waals surface area contributed by atoms with E-state index in [4.69, 9.17) is 4.74 Å². The number of sulfonamides is 1. The Kier molecular flexibility index (Phi) is 6.01. The van der Waals surface area contributed by atoms with Crippen molar-refractivity contribution in [1.29, 1.82) is 0 Å². The van der Waals surface area contributed by atoms with Crippen LogP contribution in [0.25, 0.3) is 0 Å². The van der Waals surface area contributed by atoms with E-state index in [-0.39, 0.29) is 11.5 Å². The number of esters is 1. The predicted octanol–water partition coefficient (Wildman–Crippen LogP) is 3.55. The molecule has 5 nitrogen and oxygen atoms in total. The number of benzene rings is 2. The molecule has 0 unspecified atom stereocenters. The minimum atomic E-state index is -3.46. The smallest absolute Gasteiger partial charge is 0.338 e. The van der Waals surface area contributed by atoms with Crippen molar-refractivity contribution in [2.24, 2.45) is 0 Å². The third-order valence-corrected chi connectivity index (χ3v) is 6.98. The van der Waals surface area contributed by atoms with E-state index in [1.807, 2.05) is 30.5 Å². The lowest BCUT2D eigenvalue weighted by molar-refractivity contribution is 0.0472. The summed E-state index contributed by atoms with van der Waals surface area (Å²) < 4.78 is 31.8. The number of hydrogen-bond acceptors (Lipinski definition) is 5. The molecule has 3 rings (SSSR count). The monoisotopic (exact) mass is 391 g/mol. The molecule has 1 aliphatic rings. The molecule has 0 saturated carbocycles. The number of hydrogen-bond donors (Lipinski definition) is 0. The van der Waals surface area contributed by atoms with Gasteiger partial charge < -0.3 is 4.74 Å². The molecule has 1 saturated heterocycles. The summed E-state index contributed by atoms with van der Waals surface area (Å²) >= 11 is 1.65. The second-order valence-corrected chi connectivity index (χ2v) is 8.88. The summed E-state index contributed by atoms with van der Waals surface area (Å²) in [6, 6.07) is 13.7. The standard InChI is InChI=1S/C19H21NO4S2/c1-25-17-8-4-15(5-9-17)14-24-19(21)16-6-10-18(11-7-16)26(22,23)20-12-2-3-13-20/h4-11H,2-3,12-14H2,1H3. The molecular weight excluding hydrogens is 370 g/mol.